The van der Waals surface area contributed by atoms with E-state index in [0.29, 0.717) is 144 Å². The summed E-state index contributed by atoms with van der Waals surface area (Å²) in [6.07, 6.45) is -13.2. The minimum atomic E-state index is -2.00. The van der Waals surface area contributed by atoms with Gasteiger partial charge in [-0.1, -0.05) is 6.07 Å². The first-order valence-electron chi connectivity index (χ1n) is 36.7. The van der Waals surface area contributed by atoms with Crippen molar-refractivity contribution in [2.45, 2.75) is 157 Å². The van der Waals surface area contributed by atoms with Crippen molar-refractivity contribution in [2.75, 3.05) is 199 Å². The lowest BCUT2D eigenvalue weighted by atomic mass is 9.99. The highest BCUT2D eigenvalue weighted by atomic mass is 16.7. The topological polar surface area (TPSA) is 512 Å². The van der Waals surface area contributed by atoms with Gasteiger partial charge in [-0.15, -0.1) is 0 Å². The Morgan fingerprint density at radius 1 is 0.505 bits per heavy atom. The summed E-state index contributed by atoms with van der Waals surface area (Å²) in [4.78, 5) is 102. The summed E-state index contributed by atoms with van der Waals surface area (Å²) in [5.41, 5.74) is 5.92. The van der Waals surface area contributed by atoms with E-state index in [9.17, 15) is 58.8 Å². The van der Waals surface area contributed by atoms with E-state index in [2.05, 4.69) is 37.2 Å². The molecule has 0 bridgehead atoms. The van der Waals surface area contributed by atoms with Gasteiger partial charge in [-0.05, 0) is 51.3 Å². The molecule has 622 valence electrons. The number of aliphatic hydroxyl groups is 3. The fourth-order valence-electron chi connectivity index (χ4n) is 11.3. The molecule has 40 nitrogen and oxygen atoms in total. The number of hydrogen-bond acceptors (Lipinski definition) is 32. The monoisotopic (exact) mass is 1570 g/mol. The van der Waals surface area contributed by atoms with E-state index < -0.39 is 133 Å². The number of carbonyl (C=O) groups excluding carboxylic acids is 7. The van der Waals surface area contributed by atoms with Crippen LogP contribution in [0.1, 0.15) is 64.0 Å². The minimum Gasteiger partial charge on any atom is -0.479 e. The highest BCUT2D eigenvalue weighted by Gasteiger charge is 2.51. The molecule has 0 unspecified atom stereocenters. The maximum absolute atomic E-state index is 13.1. The molecule has 5 fully saturated rings. The number of nitrogens with one attached hydrogen (secondary N) is 7. The summed E-state index contributed by atoms with van der Waals surface area (Å²) < 4.78 is 110. The smallest absolute Gasteiger partial charge is 0.408 e. The Labute approximate surface area is 632 Å². The highest BCUT2D eigenvalue weighted by molar-refractivity contribution is 5.83. The van der Waals surface area contributed by atoms with Gasteiger partial charge in [0, 0.05) is 45.0 Å². The van der Waals surface area contributed by atoms with Crippen molar-refractivity contribution in [3.63, 3.8) is 0 Å². The van der Waals surface area contributed by atoms with Crippen LogP contribution in [-0.2, 0) is 132 Å². The van der Waals surface area contributed by atoms with E-state index in [0.717, 1.165) is 0 Å². The number of carbonyl (C=O) groups is 8. The van der Waals surface area contributed by atoms with Gasteiger partial charge in [-0.2, -0.15) is 0 Å². The Morgan fingerprint density at radius 2 is 0.936 bits per heavy atom. The molecule has 1 aromatic rings. The predicted molar refractivity (Wildman–Crippen MR) is 374 cm³/mol. The number of carboxylic acids is 1. The number of methoxy groups -OCH3 is 1. The number of aliphatic hydroxyl groups excluding tert-OH is 3. The molecule has 1 aromatic carbocycles. The van der Waals surface area contributed by atoms with E-state index in [1.54, 1.807) is 27.9 Å². The molecule has 5 saturated heterocycles. The second-order valence-corrected chi connectivity index (χ2v) is 26.5. The average Bonchev–Trinajstić information content (AvgIpc) is 1.79. The summed E-state index contributed by atoms with van der Waals surface area (Å²) in [5, 5.41) is 59.8. The molecule has 5 aliphatic rings. The van der Waals surface area contributed by atoms with Gasteiger partial charge < -0.3 is 158 Å². The maximum Gasteiger partial charge on any atom is 0.408 e. The molecule has 0 aliphatic carbocycles. The van der Waals surface area contributed by atoms with E-state index in [1.165, 1.54) is 18.2 Å². The summed E-state index contributed by atoms with van der Waals surface area (Å²) in [6.45, 7) is 14.4. The Morgan fingerprint density at radius 3 is 1.39 bits per heavy atom. The number of alkyl carbamates (subject to hydrolysis) is 2. The van der Waals surface area contributed by atoms with E-state index in [1.807, 2.05) is 0 Å². The summed E-state index contributed by atoms with van der Waals surface area (Å²) in [5.74, 6) is -4.06. The summed E-state index contributed by atoms with van der Waals surface area (Å²) >= 11 is 0. The second kappa shape index (κ2) is 52.0. The van der Waals surface area contributed by atoms with Crippen LogP contribution < -0.4 is 47.7 Å². The Hall–Kier alpha value is -6.46. The number of amides is 7. The van der Waals surface area contributed by atoms with Crippen LogP contribution in [0.5, 0.6) is 5.75 Å². The largest absolute Gasteiger partial charge is 0.479 e. The standard InChI is InChI=1S/C69H114N8O32/c1-69(2,3)109-68(89)77-50-43-105-61-49(42-104-62(50)61)76-55(81)38-73-67(88)106-39-44-8-9-51(107-66-58(84)56(82)57(83)63(108-66)65(86)87)45(36-44)37-72-52(78)10-12-71-64(85)46(70)6-5-7-53(79)74-47-40-102-60-48(41-103-59(47)60)75-54(80)11-13-91-16-17-93-20-21-95-24-25-97-28-29-99-32-33-101-35-34-100-31-30-98-27-26-96-23-22-94-19-18-92-15-14-90-4/h8-9,36,46-50,56-63,66,82-84H,5-7,10-35,37-43,70H2,1-4H3,(H,71,85)(H,72,78)(H,73,88)(H,74,79)(H,75,80)(H,76,81)(H,77,89)(H,86,87)/t46-,47-,48-,49-,50-,56-,57-,58+,59+,60+,61+,62+,63-,66+/m0/s1. The molecular weight excluding hydrogens is 1450 g/mol. The zero-order valence-electron chi connectivity index (χ0n) is 62.6. The van der Waals surface area contributed by atoms with Crippen molar-refractivity contribution in [3.05, 3.63) is 29.3 Å². The first-order valence-corrected chi connectivity index (χ1v) is 36.7. The van der Waals surface area contributed by atoms with Gasteiger partial charge >= 0.3 is 18.2 Å². The van der Waals surface area contributed by atoms with Gasteiger partial charge in [0.15, 0.2) is 6.10 Å². The van der Waals surface area contributed by atoms with Crippen molar-refractivity contribution in [1.29, 1.82) is 0 Å². The van der Waals surface area contributed by atoms with Gasteiger partial charge in [0.2, 0.25) is 35.8 Å². The predicted octanol–water partition coefficient (Wildman–Crippen LogP) is -4.03. The Bertz CT molecular complexity index is 2840. The molecule has 5 aliphatic heterocycles. The third kappa shape index (κ3) is 35.8. The van der Waals surface area contributed by atoms with Crippen LogP contribution >= 0.6 is 0 Å². The van der Waals surface area contributed by atoms with Crippen LogP contribution in [0.2, 0.25) is 0 Å². The molecule has 7 amide bonds. The van der Waals surface area contributed by atoms with Crippen LogP contribution in [0.25, 0.3) is 0 Å². The van der Waals surface area contributed by atoms with Crippen LogP contribution in [0.3, 0.4) is 0 Å². The van der Waals surface area contributed by atoms with Crippen molar-refractivity contribution < 1.29 is 154 Å². The van der Waals surface area contributed by atoms with Crippen molar-refractivity contribution in [3.8, 4) is 5.75 Å². The van der Waals surface area contributed by atoms with Crippen LogP contribution in [0, 0.1) is 0 Å². The quantitative estimate of drug-likeness (QED) is 0.0276. The first-order chi connectivity index (χ1) is 52.6. The SMILES string of the molecule is COCCOCCOCCOCCOCCOCCOCCOCCOCCOCCOCCOCCC(=O)N[C@H]1CO[C@H]2[C@@H]1OC[C@@H]2NC(=O)CCC[C@H](N)C(=O)NCCC(=O)NCc1cc(COC(=O)NCC(=O)N[C@H]2CO[C@H]3[C@@H]2OC[C@@H]3NC(=O)OC(C)(C)C)ccc1O[C@@H]1O[C@H](C(=O)O)[C@@H](O)[C@H](O)[C@H]1O. The lowest BCUT2D eigenvalue weighted by molar-refractivity contribution is -0.271. The molecule has 109 heavy (non-hydrogen) atoms. The second-order valence-electron chi connectivity index (χ2n) is 26.5. The number of nitrogens with two attached hydrogens (primary N) is 1. The van der Waals surface area contributed by atoms with Gasteiger partial charge in [-0.3, -0.25) is 24.0 Å². The average molecular weight is 1570 g/mol. The van der Waals surface area contributed by atoms with Gasteiger partial charge in [0.1, 0.15) is 67.2 Å². The molecule has 40 heteroatoms. The first kappa shape index (κ1) is 91.4. The fourth-order valence-corrected chi connectivity index (χ4v) is 11.3. The zero-order valence-corrected chi connectivity index (χ0v) is 62.6. The van der Waals surface area contributed by atoms with Gasteiger partial charge in [0.05, 0.1) is 209 Å². The molecule has 5 heterocycles. The van der Waals surface area contributed by atoms with Gasteiger partial charge in [0.25, 0.3) is 0 Å². The maximum atomic E-state index is 13.1. The van der Waals surface area contributed by atoms with Crippen LogP contribution in [0.4, 0.5) is 9.59 Å². The third-order valence-corrected chi connectivity index (χ3v) is 16.8. The number of carboxylic acid groups (broad SMARTS) is 1. The normalized spacial score (nSPS) is 23.8. The third-order valence-electron chi connectivity index (χ3n) is 16.8. The zero-order chi connectivity index (χ0) is 78.6. The van der Waals surface area contributed by atoms with Crippen molar-refractivity contribution in [2.24, 2.45) is 5.73 Å². The molecule has 0 saturated carbocycles. The molecule has 6 rings (SSSR count). The number of aliphatic carboxylic acids is 1. The number of hydrogen-bond donors (Lipinski definition) is 12. The molecule has 0 spiro atoms. The van der Waals surface area contributed by atoms with Gasteiger partial charge in [-0.25, -0.2) is 14.4 Å². The lowest BCUT2D eigenvalue weighted by Crippen LogP contribution is -2.61. The number of ether oxygens (including phenoxy) is 20. The van der Waals surface area contributed by atoms with E-state index >= 15 is 0 Å². The van der Waals surface area contributed by atoms with Crippen molar-refractivity contribution >= 4 is 47.7 Å². The van der Waals surface area contributed by atoms with Crippen LogP contribution in [0.15, 0.2) is 18.2 Å². The molecule has 14 atom stereocenters. The summed E-state index contributed by atoms with van der Waals surface area (Å²) in [7, 11) is 1.63. The molecule has 0 aromatic heterocycles. The number of fused-ring (bicyclic) bond motifs is 2. The number of rotatable bonds is 57. The van der Waals surface area contributed by atoms with Crippen molar-refractivity contribution in [1.82, 2.24) is 37.2 Å². The number of benzene rings is 1. The van der Waals surface area contributed by atoms with E-state index in [-0.39, 0.29) is 115 Å². The molecular formula is C69H114N8O32. The molecule has 13 N–H and O–H groups in total. The molecule has 0 radical (unpaired) electrons. The summed E-state index contributed by atoms with van der Waals surface area (Å²) in [6, 6.07) is 1.14. The lowest BCUT2D eigenvalue weighted by Gasteiger charge is -2.38. The Kier molecular flexibility index (Phi) is 43.6. The minimum absolute atomic E-state index is 0.0268. The Balaban J connectivity index is 0.745. The fraction of sp³-hybridized carbons (Fsp3) is 0.797. The van der Waals surface area contributed by atoms with E-state index in [4.69, 9.17) is 100 Å². The van der Waals surface area contributed by atoms with Crippen LogP contribution in [-0.4, -0.2) is 358 Å². The highest BCUT2D eigenvalue weighted by Crippen LogP contribution is 2.31.